The first-order valence-electron chi connectivity index (χ1n) is 10.00. The summed E-state index contributed by atoms with van der Waals surface area (Å²) >= 11 is 0. The van der Waals surface area contributed by atoms with E-state index in [-0.39, 0.29) is 5.91 Å². The Morgan fingerprint density at radius 3 is 2.68 bits per heavy atom. The molecule has 0 bridgehead atoms. The molecule has 1 aromatic rings. The zero-order valence-corrected chi connectivity index (χ0v) is 15.5. The van der Waals surface area contributed by atoms with Crippen LogP contribution in [0.5, 0.6) is 5.75 Å². The second-order valence-corrected chi connectivity index (χ2v) is 7.45. The molecule has 1 heterocycles. The van der Waals surface area contributed by atoms with E-state index in [0.717, 1.165) is 44.6 Å². The van der Waals surface area contributed by atoms with E-state index in [0.29, 0.717) is 18.6 Å². The molecule has 138 valence electrons. The smallest absolute Gasteiger partial charge is 0.220 e. The van der Waals surface area contributed by atoms with E-state index >= 15 is 0 Å². The average molecular weight is 344 g/mol. The minimum atomic E-state index is 0.178. The number of nitrogens with one attached hydrogen (secondary N) is 1. The number of hydrogen-bond donors (Lipinski definition) is 1. The molecule has 1 aliphatic heterocycles. The van der Waals surface area contributed by atoms with Crippen molar-refractivity contribution in [2.45, 2.75) is 70.4 Å². The van der Waals surface area contributed by atoms with Gasteiger partial charge in [-0.05, 0) is 69.2 Å². The first-order valence-corrected chi connectivity index (χ1v) is 10.00. The normalized spacial score (nSPS) is 19.9. The number of likely N-dealkylation sites (tertiary alicyclic amines) is 1. The topological polar surface area (TPSA) is 41.6 Å². The fourth-order valence-electron chi connectivity index (χ4n) is 3.92. The van der Waals surface area contributed by atoms with Crippen molar-refractivity contribution < 1.29 is 9.53 Å². The lowest BCUT2D eigenvalue weighted by Gasteiger charge is -2.31. The number of benzene rings is 1. The zero-order valence-electron chi connectivity index (χ0n) is 15.5. The van der Waals surface area contributed by atoms with Gasteiger partial charge in [0.25, 0.3) is 0 Å². The zero-order chi connectivity index (χ0) is 17.5. The largest absolute Gasteiger partial charge is 0.490 e. The predicted molar refractivity (Wildman–Crippen MR) is 101 cm³/mol. The first kappa shape index (κ1) is 18.2. The number of carbonyl (C=O) groups excluding carboxylic acids is 1. The summed E-state index contributed by atoms with van der Waals surface area (Å²) in [6.45, 7) is 5.51. The van der Waals surface area contributed by atoms with Crippen LogP contribution in [0.1, 0.15) is 57.4 Å². The maximum absolute atomic E-state index is 12.2. The lowest BCUT2D eigenvalue weighted by atomic mass is 10.0. The monoisotopic (exact) mass is 344 g/mol. The summed E-state index contributed by atoms with van der Waals surface area (Å²) in [5.74, 6) is 1.13. The highest BCUT2D eigenvalue weighted by molar-refractivity contribution is 5.76. The van der Waals surface area contributed by atoms with Gasteiger partial charge in [-0.1, -0.05) is 19.1 Å². The Kier molecular flexibility index (Phi) is 6.74. The number of ether oxygens (including phenoxy) is 1. The minimum absolute atomic E-state index is 0.178. The molecule has 4 heteroatoms. The quantitative estimate of drug-likeness (QED) is 0.822. The molecule has 1 aliphatic carbocycles. The van der Waals surface area contributed by atoms with E-state index in [4.69, 9.17) is 4.74 Å². The molecule has 1 N–H and O–H groups in total. The van der Waals surface area contributed by atoms with E-state index in [2.05, 4.69) is 29.3 Å². The Bertz CT molecular complexity index is 547. The molecule has 2 fully saturated rings. The van der Waals surface area contributed by atoms with Crippen molar-refractivity contribution in [2.24, 2.45) is 0 Å². The Morgan fingerprint density at radius 1 is 1.20 bits per heavy atom. The highest BCUT2D eigenvalue weighted by Gasteiger charge is 2.19. The molecule has 0 spiro atoms. The van der Waals surface area contributed by atoms with Gasteiger partial charge in [-0.25, -0.2) is 0 Å². The summed E-state index contributed by atoms with van der Waals surface area (Å²) < 4.78 is 6.06. The van der Waals surface area contributed by atoms with Crippen molar-refractivity contribution in [3.05, 3.63) is 29.8 Å². The summed E-state index contributed by atoms with van der Waals surface area (Å²) in [6.07, 6.45) is 8.76. The van der Waals surface area contributed by atoms with Gasteiger partial charge in [0, 0.05) is 25.6 Å². The first-order chi connectivity index (χ1) is 12.2. The van der Waals surface area contributed by atoms with E-state index in [1.54, 1.807) is 0 Å². The molecular formula is C21H32N2O2. The third kappa shape index (κ3) is 5.74. The minimum Gasteiger partial charge on any atom is -0.490 e. The average Bonchev–Trinajstić information content (AvgIpc) is 3.14. The van der Waals surface area contributed by atoms with Crippen LogP contribution in [0.2, 0.25) is 0 Å². The molecule has 0 atom stereocenters. The van der Waals surface area contributed by atoms with Gasteiger partial charge in [-0.3, -0.25) is 4.79 Å². The predicted octanol–water partition coefficient (Wildman–Crippen LogP) is 3.54. The number of hydrogen-bond acceptors (Lipinski definition) is 3. The van der Waals surface area contributed by atoms with Crippen LogP contribution in [0.3, 0.4) is 0 Å². The third-order valence-corrected chi connectivity index (χ3v) is 5.54. The van der Waals surface area contributed by atoms with Crippen LogP contribution < -0.4 is 10.1 Å². The highest BCUT2D eigenvalue weighted by Crippen LogP contribution is 2.24. The number of carbonyl (C=O) groups is 1. The Labute approximate surface area is 151 Å². The molecule has 3 rings (SSSR count). The number of nitrogens with zero attached hydrogens (tertiary/aromatic N) is 1. The van der Waals surface area contributed by atoms with Crippen molar-refractivity contribution in [2.75, 3.05) is 19.6 Å². The van der Waals surface area contributed by atoms with Crippen LogP contribution in [-0.4, -0.2) is 42.6 Å². The molecule has 1 aromatic carbocycles. The van der Waals surface area contributed by atoms with Crippen molar-refractivity contribution in [3.63, 3.8) is 0 Å². The van der Waals surface area contributed by atoms with Crippen molar-refractivity contribution in [1.29, 1.82) is 0 Å². The van der Waals surface area contributed by atoms with Gasteiger partial charge in [0.05, 0.1) is 6.10 Å². The molecule has 0 unspecified atom stereocenters. The summed E-state index contributed by atoms with van der Waals surface area (Å²) in [7, 11) is 0. The Balaban J connectivity index is 1.41. The van der Waals surface area contributed by atoms with Crippen molar-refractivity contribution >= 4 is 5.91 Å². The van der Waals surface area contributed by atoms with Crippen LogP contribution in [0.25, 0.3) is 0 Å². The maximum Gasteiger partial charge on any atom is 0.220 e. The Hall–Kier alpha value is -1.55. The Morgan fingerprint density at radius 2 is 1.96 bits per heavy atom. The standard InChI is InChI=1S/C21H32N2O2/c1-2-23-14-12-18(13-15-23)22-21(24)11-10-17-6-5-9-20(16-17)25-19-7-3-4-8-19/h5-6,9,16,18-19H,2-4,7-8,10-15H2,1H3,(H,22,24). The maximum atomic E-state index is 12.2. The van der Waals surface area contributed by atoms with Crippen LogP contribution in [0.15, 0.2) is 24.3 Å². The SMILES string of the molecule is CCN1CCC(NC(=O)CCc2cccc(OC3CCCC3)c2)CC1. The highest BCUT2D eigenvalue weighted by atomic mass is 16.5. The molecule has 1 saturated heterocycles. The van der Waals surface area contributed by atoms with Crippen molar-refractivity contribution in [1.82, 2.24) is 10.2 Å². The van der Waals surface area contributed by atoms with Crippen LogP contribution >= 0.6 is 0 Å². The molecule has 2 aliphatic rings. The summed E-state index contributed by atoms with van der Waals surface area (Å²) in [4.78, 5) is 14.7. The second kappa shape index (κ2) is 9.23. The summed E-state index contributed by atoms with van der Waals surface area (Å²) in [6, 6.07) is 8.62. The van der Waals surface area contributed by atoms with Crippen LogP contribution in [-0.2, 0) is 11.2 Å². The van der Waals surface area contributed by atoms with E-state index in [1.165, 1.54) is 31.2 Å². The molecule has 0 aromatic heterocycles. The number of aryl methyl sites for hydroxylation is 1. The molecule has 1 saturated carbocycles. The van der Waals surface area contributed by atoms with E-state index < -0.39 is 0 Å². The third-order valence-electron chi connectivity index (χ3n) is 5.54. The van der Waals surface area contributed by atoms with Crippen LogP contribution in [0.4, 0.5) is 0 Å². The van der Waals surface area contributed by atoms with Gasteiger partial charge in [0.1, 0.15) is 5.75 Å². The summed E-state index contributed by atoms with van der Waals surface area (Å²) in [5.41, 5.74) is 1.19. The van der Waals surface area contributed by atoms with E-state index in [9.17, 15) is 4.79 Å². The number of rotatable bonds is 7. The van der Waals surface area contributed by atoms with Gasteiger partial charge in [-0.15, -0.1) is 0 Å². The molecular weight excluding hydrogens is 312 g/mol. The second-order valence-electron chi connectivity index (χ2n) is 7.45. The van der Waals surface area contributed by atoms with Crippen LogP contribution in [0, 0.1) is 0 Å². The fraction of sp³-hybridized carbons (Fsp3) is 0.667. The molecule has 0 radical (unpaired) electrons. The molecule has 25 heavy (non-hydrogen) atoms. The number of piperidine rings is 1. The molecule has 1 amide bonds. The summed E-state index contributed by atoms with van der Waals surface area (Å²) in [5, 5.41) is 3.21. The van der Waals surface area contributed by atoms with Crippen molar-refractivity contribution in [3.8, 4) is 5.75 Å². The van der Waals surface area contributed by atoms with Gasteiger partial charge in [0.15, 0.2) is 0 Å². The van der Waals surface area contributed by atoms with Gasteiger partial charge in [-0.2, -0.15) is 0 Å². The lowest BCUT2D eigenvalue weighted by Crippen LogP contribution is -2.44. The number of amides is 1. The van der Waals surface area contributed by atoms with E-state index in [1.807, 2.05) is 12.1 Å². The fourth-order valence-corrected chi connectivity index (χ4v) is 3.92. The van der Waals surface area contributed by atoms with Gasteiger partial charge >= 0.3 is 0 Å². The van der Waals surface area contributed by atoms with Gasteiger partial charge < -0.3 is 15.0 Å². The molecule has 4 nitrogen and oxygen atoms in total. The van der Waals surface area contributed by atoms with Gasteiger partial charge in [0.2, 0.25) is 5.91 Å². The lowest BCUT2D eigenvalue weighted by molar-refractivity contribution is -0.122.